The molecule has 164 valence electrons. The van der Waals surface area contributed by atoms with E-state index in [4.69, 9.17) is 4.74 Å². The highest BCUT2D eigenvalue weighted by molar-refractivity contribution is 6.02. The van der Waals surface area contributed by atoms with Gasteiger partial charge in [0.2, 0.25) is 5.95 Å². The summed E-state index contributed by atoms with van der Waals surface area (Å²) in [4.78, 5) is 19.7. The Labute approximate surface area is 181 Å². The van der Waals surface area contributed by atoms with Crippen molar-refractivity contribution in [3.63, 3.8) is 0 Å². The fraction of sp³-hybridized carbons (Fsp3) is 0.263. The van der Waals surface area contributed by atoms with Crippen LogP contribution in [0, 0.1) is 0 Å². The molecule has 1 fully saturated rings. The van der Waals surface area contributed by atoms with Crippen molar-refractivity contribution in [2.45, 2.75) is 12.3 Å². The Morgan fingerprint density at radius 3 is 2.48 bits per heavy atom. The van der Waals surface area contributed by atoms with Gasteiger partial charge in [0.1, 0.15) is 0 Å². The van der Waals surface area contributed by atoms with E-state index in [1.807, 2.05) is 12.1 Å². The minimum atomic E-state index is -4.52. The molecule has 2 N–H and O–H groups in total. The molecule has 1 amide bonds. The van der Waals surface area contributed by atoms with E-state index < -0.39 is 17.6 Å². The Morgan fingerprint density at radius 2 is 1.87 bits per heavy atom. The molecule has 0 saturated carbocycles. The number of morpholine rings is 1. The number of halogens is 4. The highest BCUT2D eigenvalue weighted by Crippen LogP contribution is 2.28. The van der Waals surface area contributed by atoms with Gasteiger partial charge in [0.15, 0.2) is 5.69 Å². The molecule has 0 unspecified atom stereocenters. The third-order valence-electron chi connectivity index (χ3n) is 4.46. The number of anilines is 1. The molecule has 1 atom stereocenters. The van der Waals surface area contributed by atoms with E-state index in [0.29, 0.717) is 24.7 Å². The largest absolute Gasteiger partial charge is 0.419 e. The summed E-state index contributed by atoms with van der Waals surface area (Å²) in [5.41, 5.74) is 0.688. The lowest BCUT2D eigenvalue weighted by atomic mass is 10.1. The molecule has 0 spiro atoms. The number of alkyl halides is 3. The van der Waals surface area contributed by atoms with Gasteiger partial charge < -0.3 is 15.4 Å². The van der Waals surface area contributed by atoms with Gasteiger partial charge in [-0.05, 0) is 23.8 Å². The monoisotopic (exact) mass is 454 g/mol. The maximum atomic E-state index is 12.6. The van der Waals surface area contributed by atoms with Crippen molar-refractivity contribution >= 4 is 24.0 Å². The molecule has 31 heavy (non-hydrogen) atoms. The predicted octanol–water partition coefficient (Wildman–Crippen LogP) is 3.02. The zero-order valence-electron chi connectivity index (χ0n) is 16.0. The van der Waals surface area contributed by atoms with E-state index in [9.17, 15) is 18.0 Å². The zero-order valence-corrected chi connectivity index (χ0v) is 16.8. The fourth-order valence-corrected chi connectivity index (χ4v) is 2.90. The van der Waals surface area contributed by atoms with Gasteiger partial charge in [-0.15, -0.1) is 12.4 Å². The number of aromatic nitrogens is 4. The van der Waals surface area contributed by atoms with Crippen molar-refractivity contribution < 1.29 is 22.7 Å². The molecule has 2 aromatic heterocycles. The highest BCUT2D eigenvalue weighted by Gasteiger charge is 2.31. The van der Waals surface area contributed by atoms with E-state index in [2.05, 4.69) is 25.7 Å². The first-order valence-corrected chi connectivity index (χ1v) is 9.09. The SMILES string of the molecule is Cl.O=C(Nc1ccc([C@H]2CNCCO2)cc1)c1ccn(-c2ncc(C(F)(F)F)cn2)n1. The third kappa shape index (κ3) is 5.37. The maximum Gasteiger partial charge on any atom is 0.419 e. The van der Waals surface area contributed by atoms with Gasteiger partial charge in [0, 0.05) is 37.4 Å². The quantitative estimate of drug-likeness (QED) is 0.629. The van der Waals surface area contributed by atoms with Gasteiger partial charge in [-0.25, -0.2) is 14.6 Å². The second-order valence-corrected chi connectivity index (χ2v) is 6.55. The summed E-state index contributed by atoms with van der Waals surface area (Å²) in [6, 6.07) is 8.71. The van der Waals surface area contributed by atoms with Crippen LogP contribution in [0.15, 0.2) is 48.9 Å². The smallest absolute Gasteiger partial charge is 0.371 e. The average Bonchev–Trinajstić information content (AvgIpc) is 3.25. The van der Waals surface area contributed by atoms with E-state index in [0.717, 1.165) is 23.3 Å². The summed E-state index contributed by atoms with van der Waals surface area (Å²) >= 11 is 0. The summed E-state index contributed by atoms with van der Waals surface area (Å²) < 4.78 is 44.6. The number of nitrogens with zero attached hydrogens (tertiary/aromatic N) is 4. The molecule has 8 nitrogen and oxygen atoms in total. The Morgan fingerprint density at radius 1 is 1.16 bits per heavy atom. The first kappa shape index (κ1) is 22.7. The highest BCUT2D eigenvalue weighted by atomic mass is 35.5. The van der Waals surface area contributed by atoms with E-state index in [-0.39, 0.29) is 30.2 Å². The lowest BCUT2D eigenvalue weighted by Gasteiger charge is -2.24. The molecular formula is C19H18ClF3N6O2. The van der Waals surface area contributed by atoms with Gasteiger partial charge in [-0.1, -0.05) is 12.1 Å². The van der Waals surface area contributed by atoms with Crippen LogP contribution < -0.4 is 10.6 Å². The Hall–Kier alpha value is -3.02. The van der Waals surface area contributed by atoms with Crippen molar-refractivity contribution in [1.29, 1.82) is 0 Å². The fourth-order valence-electron chi connectivity index (χ4n) is 2.90. The summed E-state index contributed by atoms with van der Waals surface area (Å²) in [7, 11) is 0. The maximum absolute atomic E-state index is 12.6. The number of ether oxygens (including phenoxy) is 1. The summed E-state index contributed by atoms with van der Waals surface area (Å²) in [6.45, 7) is 2.21. The Kier molecular flexibility index (Phi) is 6.88. The number of carbonyl (C=O) groups is 1. The van der Waals surface area contributed by atoms with Crippen molar-refractivity contribution in [2.24, 2.45) is 0 Å². The number of hydrogen-bond donors (Lipinski definition) is 2. The van der Waals surface area contributed by atoms with Gasteiger partial charge in [-0.2, -0.15) is 18.3 Å². The molecule has 1 aromatic carbocycles. The van der Waals surface area contributed by atoms with E-state index in [1.54, 1.807) is 12.1 Å². The molecule has 1 aliphatic rings. The second kappa shape index (κ2) is 9.41. The van der Waals surface area contributed by atoms with Crippen LogP contribution in [0.25, 0.3) is 5.95 Å². The zero-order chi connectivity index (χ0) is 21.1. The first-order valence-electron chi connectivity index (χ1n) is 9.09. The van der Waals surface area contributed by atoms with Crippen LogP contribution in [0.2, 0.25) is 0 Å². The third-order valence-corrected chi connectivity index (χ3v) is 4.46. The minimum absolute atomic E-state index is 0. The molecule has 4 rings (SSSR count). The van der Waals surface area contributed by atoms with Gasteiger partial charge >= 0.3 is 6.18 Å². The summed E-state index contributed by atoms with van der Waals surface area (Å²) in [6.07, 6.45) is -1.83. The molecular weight excluding hydrogens is 437 g/mol. The normalized spacial score (nSPS) is 16.4. The van der Waals surface area contributed by atoms with E-state index in [1.165, 1.54) is 12.3 Å². The molecule has 3 aromatic rings. The summed E-state index contributed by atoms with van der Waals surface area (Å²) in [5.74, 6) is -0.545. The lowest BCUT2D eigenvalue weighted by Crippen LogP contribution is -2.33. The minimum Gasteiger partial charge on any atom is -0.371 e. The number of carbonyl (C=O) groups excluding carboxylic acids is 1. The van der Waals surface area contributed by atoms with Crippen LogP contribution in [-0.4, -0.2) is 45.4 Å². The van der Waals surface area contributed by atoms with Gasteiger partial charge in [0.25, 0.3) is 5.91 Å². The first-order chi connectivity index (χ1) is 14.4. The molecule has 1 aliphatic heterocycles. The molecule has 0 radical (unpaired) electrons. The second-order valence-electron chi connectivity index (χ2n) is 6.55. The van der Waals surface area contributed by atoms with Crippen LogP contribution in [0.1, 0.15) is 27.7 Å². The van der Waals surface area contributed by atoms with Crippen LogP contribution in [0.5, 0.6) is 0 Å². The average molecular weight is 455 g/mol. The number of amides is 1. The van der Waals surface area contributed by atoms with Crippen molar-refractivity contribution in [2.75, 3.05) is 25.0 Å². The number of hydrogen-bond acceptors (Lipinski definition) is 6. The van der Waals surface area contributed by atoms with Gasteiger partial charge in [-0.3, -0.25) is 4.79 Å². The van der Waals surface area contributed by atoms with Crippen molar-refractivity contribution in [3.8, 4) is 5.95 Å². The molecule has 12 heteroatoms. The number of rotatable bonds is 4. The van der Waals surface area contributed by atoms with Gasteiger partial charge in [0.05, 0.1) is 18.3 Å². The van der Waals surface area contributed by atoms with E-state index >= 15 is 0 Å². The van der Waals surface area contributed by atoms with Crippen molar-refractivity contribution in [1.82, 2.24) is 25.1 Å². The molecule has 0 aliphatic carbocycles. The van der Waals surface area contributed by atoms with Crippen LogP contribution in [0.4, 0.5) is 18.9 Å². The number of nitrogens with one attached hydrogen (secondary N) is 2. The molecule has 1 saturated heterocycles. The van der Waals surface area contributed by atoms with Crippen LogP contribution in [-0.2, 0) is 10.9 Å². The van der Waals surface area contributed by atoms with Crippen LogP contribution in [0.3, 0.4) is 0 Å². The number of benzene rings is 1. The molecule has 0 bridgehead atoms. The Balaban J connectivity index is 0.00000272. The Bertz CT molecular complexity index is 1020. The lowest BCUT2D eigenvalue weighted by molar-refractivity contribution is -0.138. The predicted molar refractivity (Wildman–Crippen MR) is 107 cm³/mol. The molecule has 3 heterocycles. The summed E-state index contributed by atoms with van der Waals surface area (Å²) in [5, 5.41) is 10.0. The van der Waals surface area contributed by atoms with Crippen molar-refractivity contribution in [3.05, 3.63) is 65.7 Å². The standard InChI is InChI=1S/C19H17F3N6O2.ClH/c20-19(21,22)13-9-24-18(25-10-13)28-7-5-15(27-28)17(29)26-14-3-1-12(2-4-14)16-11-23-6-8-30-16;/h1-5,7,9-10,16,23H,6,8,11H2,(H,26,29);1H/t16-;/m1./s1. The van der Waals surface area contributed by atoms with Crippen LogP contribution >= 0.6 is 12.4 Å². The topological polar surface area (TPSA) is 94.0 Å².